The highest BCUT2D eigenvalue weighted by Gasteiger charge is 2.38. The van der Waals surface area contributed by atoms with E-state index < -0.39 is 0 Å². The predicted molar refractivity (Wildman–Crippen MR) is 77.7 cm³/mol. The number of nitrogens with one attached hydrogen (secondary N) is 1. The summed E-state index contributed by atoms with van der Waals surface area (Å²) in [5.74, 6) is 1.08. The van der Waals surface area contributed by atoms with Crippen molar-refractivity contribution in [3.63, 3.8) is 0 Å². The van der Waals surface area contributed by atoms with E-state index in [1.54, 1.807) is 6.07 Å². The summed E-state index contributed by atoms with van der Waals surface area (Å²) in [4.78, 5) is 14.7. The summed E-state index contributed by atoms with van der Waals surface area (Å²) in [5.41, 5.74) is 1.28. The van der Waals surface area contributed by atoms with Crippen LogP contribution in [0.2, 0.25) is 0 Å². The van der Waals surface area contributed by atoms with Gasteiger partial charge in [-0.05, 0) is 18.9 Å². The van der Waals surface area contributed by atoms with Crippen LogP contribution in [0.3, 0.4) is 0 Å². The van der Waals surface area contributed by atoms with Crippen LogP contribution >= 0.6 is 0 Å². The van der Waals surface area contributed by atoms with Gasteiger partial charge < -0.3 is 14.7 Å². The highest BCUT2D eigenvalue weighted by molar-refractivity contribution is 5.93. The topological polar surface area (TPSA) is 58.4 Å². The number of benzene rings is 1. The summed E-state index contributed by atoms with van der Waals surface area (Å²) in [6.07, 6.45) is 1.18. The van der Waals surface area contributed by atoms with Crippen molar-refractivity contribution in [2.75, 3.05) is 19.6 Å². The first kappa shape index (κ1) is 12.6. The zero-order chi connectivity index (χ0) is 14.2. The third kappa shape index (κ3) is 2.34. The molecule has 0 radical (unpaired) electrons. The fourth-order valence-corrected chi connectivity index (χ4v) is 3.31. The molecule has 5 nitrogen and oxygen atoms in total. The molecule has 2 saturated heterocycles. The molecule has 2 aliphatic heterocycles. The predicted octanol–water partition coefficient (Wildman–Crippen LogP) is 1.78. The van der Waals surface area contributed by atoms with Crippen LogP contribution in [-0.2, 0) is 0 Å². The molecule has 21 heavy (non-hydrogen) atoms. The van der Waals surface area contributed by atoms with Gasteiger partial charge in [-0.15, -0.1) is 0 Å². The largest absolute Gasteiger partial charge is 0.355 e. The van der Waals surface area contributed by atoms with Crippen LogP contribution in [0, 0.1) is 5.92 Å². The molecule has 3 heterocycles. The summed E-state index contributed by atoms with van der Waals surface area (Å²) in [5, 5.41) is 6.98. The van der Waals surface area contributed by atoms with Gasteiger partial charge in [0, 0.05) is 30.8 Å². The number of hydrogen-bond donors (Lipinski definition) is 1. The van der Waals surface area contributed by atoms with Gasteiger partial charge in [-0.3, -0.25) is 4.79 Å². The average molecular weight is 283 g/mol. The number of piperidine rings is 1. The highest BCUT2D eigenvalue weighted by atomic mass is 16.5. The summed E-state index contributed by atoms with van der Waals surface area (Å²) in [7, 11) is 0. The van der Waals surface area contributed by atoms with Crippen LogP contribution in [0.25, 0.3) is 11.3 Å². The number of carbonyl (C=O) groups excluding carboxylic acids is 1. The van der Waals surface area contributed by atoms with Crippen LogP contribution in [0.4, 0.5) is 0 Å². The van der Waals surface area contributed by atoms with Gasteiger partial charge in [-0.1, -0.05) is 35.5 Å². The van der Waals surface area contributed by atoms with E-state index in [1.165, 1.54) is 13.0 Å². The number of amides is 1. The average Bonchev–Trinajstić information content (AvgIpc) is 3.24. The molecule has 2 aliphatic rings. The van der Waals surface area contributed by atoms with E-state index in [4.69, 9.17) is 4.52 Å². The first-order valence-corrected chi connectivity index (χ1v) is 7.35. The van der Waals surface area contributed by atoms with Gasteiger partial charge in [0.2, 0.25) is 0 Å². The second kappa shape index (κ2) is 5.00. The molecule has 1 aromatic heterocycles. The Kier molecular flexibility index (Phi) is 3.00. The van der Waals surface area contributed by atoms with Gasteiger partial charge in [0.1, 0.15) is 0 Å². The van der Waals surface area contributed by atoms with E-state index >= 15 is 0 Å². The maximum absolute atomic E-state index is 12.3. The molecule has 1 aromatic carbocycles. The minimum Gasteiger partial charge on any atom is -0.355 e. The number of hydrogen-bond acceptors (Lipinski definition) is 4. The van der Waals surface area contributed by atoms with E-state index in [0.717, 1.165) is 18.7 Å². The lowest BCUT2D eigenvalue weighted by atomic mass is 10.00. The van der Waals surface area contributed by atoms with E-state index in [-0.39, 0.29) is 11.9 Å². The van der Waals surface area contributed by atoms with E-state index in [1.807, 2.05) is 30.3 Å². The van der Waals surface area contributed by atoms with Crippen molar-refractivity contribution in [1.29, 1.82) is 0 Å². The van der Waals surface area contributed by atoms with E-state index in [2.05, 4.69) is 15.4 Å². The summed E-state index contributed by atoms with van der Waals surface area (Å²) in [6.45, 7) is 3.23. The van der Waals surface area contributed by atoms with Crippen molar-refractivity contribution in [2.45, 2.75) is 12.5 Å². The Labute approximate surface area is 122 Å². The highest BCUT2D eigenvalue weighted by Crippen LogP contribution is 2.28. The zero-order valence-electron chi connectivity index (χ0n) is 11.7. The SMILES string of the molecule is O=C(N[C@H]1CN2CC[C@@H]1C2)c1cc(-c2ccccc2)on1. The fourth-order valence-electron chi connectivity index (χ4n) is 3.31. The lowest BCUT2D eigenvalue weighted by molar-refractivity contribution is 0.0915. The minimum atomic E-state index is -0.139. The van der Waals surface area contributed by atoms with Gasteiger partial charge in [0.25, 0.3) is 5.91 Å². The lowest BCUT2D eigenvalue weighted by Gasteiger charge is -2.22. The third-order valence-electron chi connectivity index (χ3n) is 4.45. The maximum Gasteiger partial charge on any atom is 0.273 e. The summed E-state index contributed by atoms with van der Waals surface area (Å²) in [6, 6.07) is 11.6. The molecule has 2 bridgehead atoms. The van der Waals surface area contributed by atoms with Crippen LogP contribution < -0.4 is 5.32 Å². The Bertz CT molecular complexity index is 653. The van der Waals surface area contributed by atoms with Gasteiger partial charge >= 0.3 is 0 Å². The molecule has 1 amide bonds. The molecule has 1 unspecified atom stereocenters. The van der Waals surface area contributed by atoms with Gasteiger partial charge in [0.15, 0.2) is 11.5 Å². The number of nitrogens with zero attached hydrogens (tertiary/aromatic N) is 2. The maximum atomic E-state index is 12.3. The second-order valence-corrected chi connectivity index (χ2v) is 5.83. The molecule has 2 fully saturated rings. The molecule has 3 atom stereocenters. The van der Waals surface area contributed by atoms with E-state index in [0.29, 0.717) is 17.4 Å². The van der Waals surface area contributed by atoms with Crippen LogP contribution in [-0.4, -0.2) is 41.6 Å². The molecular formula is C16H17N3O2. The second-order valence-electron chi connectivity index (χ2n) is 5.83. The Balaban J connectivity index is 1.47. The number of rotatable bonds is 3. The summed E-state index contributed by atoms with van der Waals surface area (Å²) < 4.78 is 5.28. The van der Waals surface area contributed by atoms with Crippen molar-refractivity contribution in [3.8, 4) is 11.3 Å². The van der Waals surface area contributed by atoms with Gasteiger partial charge in [-0.2, -0.15) is 0 Å². The van der Waals surface area contributed by atoms with Crippen molar-refractivity contribution in [3.05, 3.63) is 42.1 Å². The molecule has 0 spiro atoms. The first-order chi connectivity index (χ1) is 10.3. The molecule has 2 aromatic rings. The normalized spacial score (nSPS) is 27.0. The Hall–Kier alpha value is -2.14. The molecule has 0 aliphatic carbocycles. The standard InChI is InChI=1S/C16H17N3O2/c20-16(17-14-10-19-7-6-12(14)9-19)13-8-15(21-18-13)11-4-2-1-3-5-11/h1-5,8,12,14H,6-7,9-10H2,(H,17,20)/t12-,14+/m1/s1. The quantitative estimate of drug-likeness (QED) is 0.932. The molecular weight excluding hydrogens is 266 g/mol. The molecule has 5 heteroatoms. The molecule has 1 N–H and O–H groups in total. The van der Waals surface area contributed by atoms with Crippen molar-refractivity contribution < 1.29 is 9.32 Å². The molecule has 4 rings (SSSR count). The van der Waals surface area contributed by atoms with Crippen molar-refractivity contribution in [2.24, 2.45) is 5.92 Å². The summed E-state index contributed by atoms with van der Waals surface area (Å²) >= 11 is 0. The third-order valence-corrected chi connectivity index (χ3v) is 4.45. The number of aromatic nitrogens is 1. The Morgan fingerprint density at radius 2 is 2.14 bits per heavy atom. The van der Waals surface area contributed by atoms with Crippen LogP contribution in [0.5, 0.6) is 0 Å². The van der Waals surface area contributed by atoms with Gasteiger partial charge in [0.05, 0.1) is 0 Å². The fraction of sp³-hybridized carbons (Fsp3) is 0.375. The molecule has 108 valence electrons. The van der Waals surface area contributed by atoms with Crippen LogP contribution in [0.1, 0.15) is 16.9 Å². The number of fused-ring (bicyclic) bond motifs is 2. The van der Waals surface area contributed by atoms with E-state index in [9.17, 15) is 4.79 Å². The lowest BCUT2D eigenvalue weighted by Crippen LogP contribution is -2.43. The van der Waals surface area contributed by atoms with Crippen molar-refractivity contribution in [1.82, 2.24) is 15.4 Å². The zero-order valence-corrected chi connectivity index (χ0v) is 11.7. The molecule has 0 saturated carbocycles. The Morgan fingerprint density at radius 1 is 1.29 bits per heavy atom. The van der Waals surface area contributed by atoms with Crippen molar-refractivity contribution >= 4 is 5.91 Å². The monoisotopic (exact) mass is 283 g/mol. The van der Waals surface area contributed by atoms with Gasteiger partial charge in [-0.25, -0.2) is 0 Å². The Morgan fingerprint density at radius 3 is 2.86 bits per heavy atom. The smallest absolute Gasteiger partial charge is 0.273 e. The minimum absolute atomic E-state index is 0.139. The first-order valence-electron chi connectivity index (χ1n) is 7.35. The van der Waals surface area contributed by atoms with Crippen LogP contribution in [0.15, 0.2) is 40.9 Å². The number of carbonyl (C=O) groups is 1.